The first kappa shape index (κ1) is 14.3. The highest BCUT2D eigenvalue weighted by molar-refractivity contribution is 9.10. The molecule has 84 valence electrons. The number of hydrogen-bond donors (Lipinski definition) is 2. The molecule has 0 atom stereocenters. The Kier molecular flexibility index (Phi) is 6.47. The number of amides is 1. The predicted molar refractivity (Wildman–Crippen MR) is 66.2 cm³/mol. The van der Waals surface area contributed by atoms with Crippen LogP contribution in [0.2, 0.25) is 0 Å². The Morgan fingerprint density at radius 2 is 2.33 bits per heavy atom. The molecule has 0 bridgehead atoms. The van der Waals surface area contributed by atoms with Crippen molar-refractivity contribution >= 4 is 39.9 Å². The molecule has 1 aromatic heterocycles. The number of pyridine rings is 1. The van der Waals surface area contributed by atoms with E-state index >= 15 is 0 Å². The maximum Gasteiger partial charge on any atom is 0.225 e. The number of aryl methyl sites for hydroxylation is 1. The third-order valence-corrected chi connectivity index (χ3v) is 2.16. The summed E-state index contributed by atoms with van der Waals surface area (Å²) in [7, 11) is 0. The highest BCUT2D eigenvalue weighted by Crippen LogP contribution is 2.17. The van der Waals surface area contributed by atoms with Crippen LogP contribution in [0.1, 0.15) is 12.0 Å². The second-order valence-electron chi connectivity index (χ2n) is 2.91. The van der Waals surface area contributed by atoms with E-state index in [9.17, 15) is 4.79 Å². The lowest BCUT2D eigenvalue weighted by molar-refractivity contribution is -0.116. The summed E-state index contributed by atoms with van der Waals surface area (Å²) in [6.45, 7) is 2.26. The molecule has 0 spiro atoms. The lowest BCUT2D eigenvalue weighted by atomic mass is 10.2. The number of aromatic nitrogens is 1. The molecule has 0 aliphatic rings. The lowest BCUT2D eigenvalue weighted by Crippen LogP contribution is -2.16. The predicted octanol–water partition coefficient (Wildman–Crippen LogP) is 1.86. The quantitative estimate of drug-likeness (QED) is 0.836. The van der Waals surface area contributed by atoms with Crippen LogP contribution in [0.25, 0.3) is 0 Å². The number of rotatable bonds is 3. The maximum absolute atomic E-state index is 11.2. The molecule has 0 saturated carbocycles. The Labute approximate surface area is 103 Å². The second-order valence-corrected chi connectivity index (χ2v) is 3.72. The highest BCUT2D eigenvalue weighted by atomic mass is 79.9. The van der Waals surface area contributed by atoms with Gasteiger partial charge < -0.3 is 11.1 Å². The van der Waals surface area contributed by atoms with Gasteiger partial charge in [0.2, 0.25) is 5.91 Å². The summed E-state index contributed by atoms with van der Waals surface area (Å²) in [6.07, 6.45) is 1.95. The monoisotopic (exact) mass is 293 g/mol. The molecular weight excluding hydrogens is 281 g/mol. The Balaban J connectivity index is 0.00000196. The average molecular weight is 295 g/mol. The van der Waals surface area contributed by atoms with E-state index in [1.165, 1.54) is 0 Å². The molecule has 1 rings (SSSR count). The zero-order chi connectivity index (χ0) is 10.6. The molecule has 4 nitrogen and oxygen atoms in total. The number of nitrogens with one attached hydrogen (secondary N) is 1. The molecule has 1 aromatic rings. The number of anilines is 1. The minimum atomic E-state index is -0.0836. The van der Waals surface area contributed by atoms with Crippen molar-refractivity contribution in [2.75, 3.05) is 11.9 Å². The first-order valence-electron chi connectivity index (χ1n) is 4.25. The van der Waals surface area contributed by atoms with Crippen LogP contribution in [0.15, 0.2) is 16.9 Å². The maximum atomic E-state index is 11.2. The number of nitrogens with two attached hydrogens (primary N) is 1. The van der Waals surface area contributed by atoms with Crippen molar-refractivity contribution in [1.29, 1.82) is 0 Å². The Bertz CT molecular complexity index is 346. The van der Waals surface area contributed by atoms with E-state index < -0.39 is 0 Å². The van der Waals surface area contributed by atoms with Crippen molar-refractivity contribution in [3.8, 4) is 0 Å². The molecule has 0 aliphatic carbocycles. The van der Waals surface area contributed by atoms with Crippen LogP contribution in [-0.2, 0) is 4.79 Å². The van der Waals surface area contributed by atoms with Gasteiger partial charge in [0, 0.05) is 13.0 Å². The van der Waals surface area contributed by atoms with E-state index in [2.05, 4.69) is 26.2 Å². The number of nitrogens with zero attached hydrogens (tertiary/aromatic N) is 1. The normalized spacial score (nSPS) is 9.27. The molecule has 0 unspecified atom stereocenters. The summed E-state index contributed by atoms with van der Waals surface area (Å²) in [6, 6.07) is 1.85. The molecule has 1 heterocycles. The molecular formula is C9H13BrClN3O. The number of carbonyl (C=O) groups is 1. The first-order valence-corrected chi connectivity index (χ1v) is 5.05. The minimum Gasteiger partial charge on any atom is -0.330 e. The van der Waals surface area contributed by atoms with Crippen LogP contribution in [0, 0.1) is 6.92 Å². The van der Waals surface area contributed by atoms with Crippen LogP contribution in [-0.4, -0.2) is 17.4 Å². The topological polar surface area (TPSA) is 68.0 Å². The Morgan fingerprint density at radius 1 is 1.67 bits per heavy atom. The third kappa shape index (κ3) is 4.59. The average Bonchev–Trinajstić information content (AvgIpc) is 2.10. The Morgan fingerprint density at radius 3 is 2.87 bits per heavy atom. The molecule has 15 heavy (non-hydrogen) atoms. The fraction of sp³-hybridized carbons (Fsp3) is 0.333. The summed E-state index contributed by atoms with van der Waals surface area (Å²) < 4.78 is 0.756. The largest absolute Gasteiger partial charge is 0.330 e. The standard InChI is InChI=1S/C9H12BrN3O.ClH/c1-6-4-8(10)12-5-7(6)13-9(14)2-3-11;/h4-5H,2-3,11H2,1H3,(H,13,14);1H. The van der Waals surface area contributed by atoms with Crippen molar-refractivity contribution < 1.29 is 4.79 Å². The van der Waals surface area contributed by atoms with Gasteiger partial charge in [0.25, 0.3) is 0 Å². The van der Waals surface area contributed by atoms with Gasteiger partial charge in [-0.25, -0.2) is 4.98 Å². The molecule has 0 aromatic carbocycles. The van der Waals surface area contributed by atoms with Crippen molar-refractivity contribution in [2.45, 2.75) is 13.3 Å². The number of halogens is 2. The van der Waals surface area contributed by atoms with Gasteiger partial charge in [-0.1, -0.05) is 0 Å². The molecule has 0 fully saturated rings. The van der Waals surface area contributed by atoms with E-state index in [1.54, 1.807) is 6.20 Å². The van der Waals surface area contributed by atoms with Crippen LogP contribution in [0.3, 0.4) is 0 Å². The molecule has 6 heteroatoms. The highest BCUT2D eigenvalue weighted by Gasteiger charge is 2.04. The van der Waals surface area contributed by atoms with Gasteiger partial charge in [0.1, 0.15) is 4.60 Å². The van der Waals surface area contributed by atoms with E-state index in [1.807, 2.05) is 13.0 Å². The van der Waals surface area contributed by atoms with Gasteiger partial charge in [0.15, 0.2) is 0 Å². The van der Waals surface area contributed by atoms with E-state index in [0.717, 1.165) is 15.9 Å². The second kappa shape index (κ2) is 6.76. The first-order chi connectivity index (χ1) is 6.63. The number of carbonyl (C=O) groups excluding carboxylic acids is 1. The zero-order valence-corrected chi connectivity index (χ0v) is 10.7. The molecule has 0 radical (unpaired) electrons. The Hall–Kier alpha value is -0.650. The van der Waals surface area contributed by atoms with Crippen molar-refractivity contribution in [3.63, 3.8) is 0 Å². The van der Waals surface area contributed by atoms with E-state index in [-0.39, 0.29) is 18.3 Å². The van der Waals surface area contributed by atoms with Crippen LogP contribution >= 0.6 is 28.3 Å². The van der Waals surface area contributed by atoms with Crippen LogP contribution < -0.4 is 11.1 Å². The number of hydrogen-bond acceptors (Lipinski definition) is 3. The zero-order valence-electron chi connectivity index (χ0n) is 8.29. The molecule has 3 N–H and O–H groups in total. The summed E-state index contributed by atoms with van der Waals surface area (Å²) in [4.78, 5) is 15.2. The summed E-state index contributed by atoms with van der Waals surface area (Å²) in [5.74, 6) is -0.0836. The van der Waals surface area contributed by atoms with Gasteiger partial charge in [-0.3, -0.25) is 4.79 Å². The SMILES string of the molecule is Cc1cc(Br)ncc1NC(=O)CCN.Cl. The summed E-state index contributed by atoms with van der Waals surface area (Å²) in [5, 5.41) is 2.74. The fourth-order valence-electron chi connectivity index (χ4n) is 0.996. The van der Waals surface area contributed by atoms with E-state index in [4.69, 9.17) is 5.73 Å². The molecule has 0 aliphatic heterocycles. The van der Waals surface area contributed by atoms with Gasteiger partial charge in [0.05, 0.1) is 11.9 Å². The smallest absolute Gasteiger partial charge is 0.225 e. The van der Waals surface area contributed by atoms with Crippen molar-refractivity contribution in [1.82, 2.24) is 4.98 Å². The van der Waals surface area contributed by atoms with Crippen LogP contribution in [0.4, 0.5) is 5.69 Å². The van der Waals surface area contributed by atoms with Crippen LogP contribution in [0.5, 0.6) is 0 Å². The fourth-order valence-corrected chi connectivity index (χ4v) is 1.44. The minimum absolute atomic E-state index is 0. The third-order valence-electron chi connectivity index (χ3n) is 1.72. The summed E-state index contributed by atoms with van der Waals surface area (Å²) >= 11 is 3.25. The molecule has 1 amide bonds. The van der Waals surface area contributed by atoms with Gasteiger partial charge >= 0.3 is 0 Å². The van der Waals surface area contributed by atoms with Gasteiger partial charge in [-0.2, -0.15) is 0 Å². The van der Waals surface area contributed by atoms with Gasteiger partial charge in [-0.05, 0) is 34.5 Å². The lowest BCUT2D eigenvalue weighted by Gasteiger charge is -2.06. The molecule has 0 saturated heterocycles. The van der Waals surface area contributed by atoms with Crippen molar-refractivity contribution in [2.24, 2.45) is 5.73 Å². The van der Waals surface area contributed by atoms with E-state index in [0.29, 0.717) is 13.0 Å². The van der Waals surface area contributed by atoms with Crippen molar-refractivity contribution in [3.05, 3.63) is 22.4 Å². The van der Waals surface area contributed by atoms with Gasteiger partial charge in [-0.15, -0.1) is 12.4 Å². The summed E-state index contributed by atoms with van der Waals surface area (Å²) in [5.41, 5.74) is 6.96.